The summed E-state index contributed by atoms with van der Waals surface area (Å²) in [6.07, 6.45) is 3.81. The molecule has 1 fully saturated rings. The SMILES string of the molecule is N#Cc1cc(CN2CCCCC2)cc2c1CNC2=O. The lowest BCUT2D eigenvalue weighted by Gasteiger charge is -2.26. The van der Waals surface area contributed by atoms with Crippen LogP contribution in [0.5, 0.6) is 0 Å². The van der Waals surface area contributed by atoms with E-state index in [0.29, 0.717) is 17.7 Å². The zero-order valence-electron chi connectivity index (χ0n) is 10.9. The van der Waals surface area contributed by atoms with Gasteiger partial charge in [-0.15, -0.1) is 0 Å². The number of nitrogens with zero attached hydrogens (tertiary/aromatic N) is 2. The van der Waals surface area contributed by atoms with E-state index < -0.39 is 0 Å². The molecule has 4 nitrogen and oxygen atoms in total. The molecule has 0 aliphatic carbocycles. The molecular weight excluding hydrogens is 238 g/mol. The van der Waals surface area contributed by atoms with Crippen LogP contribution >= 0.6 is 0 Å². The molecular formula is C15H17N3O. The van der Waals surface area contributed by atoms with Crippen molar-refractivity contribution in [3.8, 4) is 6.07 Å². The fraction of sp³-hybridized carbons (Fsp3) is 0.467. The molecule has 0 saturated carbocycles. The molecule has 0 radical (unpaired) electrons. The van der Waals surface area contributed by atoms with Gasteiger partial charge >= 0.3 is 0 Å². The van der Waals surface area contributed by atoms with Crippen molar-refractivity contribution in [2.45, 2.75) is 32.4 Å². The van der Waals surface area contributed by atoms with Gasteiger partial charge in [0, 0.05) is 24.2 Å². The van der Waals surface area contributed by atoms with Gasteiger partial charge in [0.25, 0.3) is 5.91 Å². The number of piperidine rings is 1. The maximum atomic E-state index is 11.7. The fourth-order valence-corrected chi connectivity index (χ4v) is 2.96. The lowest BCUT2D eigenvalue weighted by atomic mass is 9.99. The van der Waals surface area contributed by atoms with Gasteiger partial charge in [-0.2, -0.15) is 5.26 Å². The van der Waals surface area contributed by atoms with Crippen molar-refractivity contribution < 1.29 is 4.79 Å². The zero-order chi connectivity index (χ0) is 13.2. The van der Waals surface area contributed by atoms with E-state index in [1.807, 2.05) is 12.1 Å². The molecule has 3 rings (SSSR count). The molecule has 2 aliphatic heterocycles. The monoisotopic (exact) mass is 255 g/mol. The highest BCUT2D eigenvalue weighted by molar-refractivity contribution is 5.99. The lowest BCUT2D eigenvalue weighted by Crippen LogP contribution is -2.29. The Morgan fingerprint density at radius 1 is 1.26 bits per heavy atom. The predicted octanol–water partition coefficient (Wildman–Crippen LogP) is 1.79. The van der Waals surface area contributed by atoms with E-state index in [9.17, 15) is 10.1 Å². The van der Waals surface area contributed by atoms with Crippen LogP contribution in [0.1, 0.15) is 46.3 Å². The average molecular weight is 255 g/mol. The number of amides is 1. The highest BCUT2D eigenvalue weighted by atomic mass is 16.1. The molecule has 0 spiro atoms. The van der Waals surface area contributed by atoms with Gasteiger partial charge in [-0.3, -0.25) is 9.69 Å². The molecule has 1 amide bonds. The second-order valence-corrected chi connectivity index (χ2v) is 5.30. The fourth-order valence-electron chi connectivity index (χ4n) is 2.96. The number of nitrogens with one attached hydrogen (secondary N) is 1. The largest absolute Gasteiger partial charge is 0.348 e. The Morgan fingerprint density at radius 3 is 2.79 bits per heavy atom. The first-order valence-electron chi connectivity index (χ1n) is 6.84. The molecule has 98 valence electrons. The van der Waals surface area contributed by atoms with Crippen LogP contribution < -0.4 is 5.32 Å². The molecule has 1 saturated heterocycles. The van der Waals surface area contributed by atoms with Crippen LogP contribution in [0, 0.1) is 11.3 Å². The van der Waals surface area contributed by atoms with Gasteiger partial charge in [-0.05, 0) is 43.6 Å². The molecule has 2 heterocycles. The van der Waals surface area contributed by atoms with Gasteiger partial charge in [0.05, 0.1) is 11.6 Å². The quantitative estimate of drug-likeness (QED) is 0.876. The number of hydrogen-bond donors (Lipinski definition) is 1. The summed E-state index contributed by atoms with van der Waals surface area (Å²) in [7, 11) is 0. The van der Waals surface area contributed by atoms with E-state index in [1.54, 1.807) is 0 Å². The Balaban J connectivity index is 1.88. The first kappa shape index (κ1) is 12.2. The molecule has 2 aliphatic rings. The molecule has 0 atom stereocenters. The van der Waals surface area contributed by atoms with Crippen molar-refractivity contribution in [2.24, 2.45) is 0 Å². The minimum absolute atomic E-state index is 0.0491. The number of carbonyl (C=O) groups excluding carboxylic acids is 1. The number of carbonyl (C=O) groups is 1. The minimum atomic E-state index is -0.0491. The van der Waals surface area contributed by atoms with Crippen molar-refractivity contribution in [1.82, 2.24) is 10.2 Å². The summed E-state index contributed by atoms with van der Waals surface area (Å²) in [6.45, 7) is 3.56. The molecule has 0 unspecified atom stereocenters. The van der Waals surface area contributed by atoms with E-state index in [4.69, 9.17) is 0 Å². The van der Waals surface area contributed by atoms with Crippen LogP contribution in [-0.2, 0) is 13.1 Å². The summed E-state index contributed by atoms with van der Waals surface area (Å²) >= 11 is 0. The van der Waals surface area contributed by atoms with Crippen LogP contribution in [0.2, 0.25) is 0 Å². The van der Waals surface area contributed by atoms with Gasteiger partial charge in [-0.25, -0.2) is 0 Å². The van der Waals surface area contributed by atoms with Gasteiger partial charge < -0.3 is 5.32 Å². The van der Waals surface area contributed by atoms with E-state index in [1.165, 1.54) is 19.3 Å². The second-order valence-electron chi connectivity index (χ2n) is 5.30. The van der Waals surface area contributed by atoms with Crippen LogP contribution in [-0.4, -0.2) is 23.9 Å². The Kier molecular flexibility index (Phi) is 3.22. The summed E-state index contributed by atoms with van der Waals surface area (Å²) in [5.74, 6) is -0.0491. The molecule has 0 aromatic heterocycles. The number of rotatable bonds is 2. The normalized spacial score (nSPS) is 18.8. The van der Waals surface area contributed by atoms with Gasteiger partial charge in [-0.1, -0.05) is 6.42 Å². The number of fused-ring (bicyclic) bond motifs is 1. The summed E-state index contributed by atoms with van der Waals surface area (Å²) in [5, 5.41) is 12.0. The molecule has 1 aromatic carbocycles. The summed E-state index contributed by atoms with van der Waals surface area (Å²) in [5.41, 5.74) is 3.26. The summed E-state index contributed by atoms with van der Waals surface area (Å²) < 4.78 is 0. The Morgan fingerprint density at radius 2 is 2.05 bits per heavy atom. The third-order valence-electron chi connectivity index (χ3n) is 3.96. The smallest absolute Gasteiger partial charge is 0.251 e. The van der Waals surface area contributed by atoms with E-state index in [0.717, 1.165) is 30.8 Å². The van der Waals surface area contributed by atoms with Crippen molar-refractivity contribution in [1.29, 1.82) is 5.26 Å². The van der Waals surface area contributed by atoms with Crippen molar-refractivity contribution in [3.63, 3.8) is 0 Å². The predicted molar refractivity (Wildman–Crippen MR) is 71.5 cm³/mol. The Bertz CT molecular complexity index is 553. The average Bonchev–Trinajstić information content (AvgIpc) is 2.81. The van der Waals surface area contributed by atoms with Gasteiger partial charge in [0.1, 0.15) is 0 Å². The molecule has 1 N–H and O–H groups in total. The standard InChI is InChI=1S/C15H17N3O/c16-8-12-6-11(10-18-4-2-1-3-5-18)7-13-14(12)9-17-15(13)19/h6-7H,1-5,9-10H2,(H,17,19). The topological polar surface area (TPSA) is 56.1 Å². The highest BCUT2D eigenvalue weighted by Crippen LogP contribution is 2.23. The van der Waals surface area contributed by atoms with Crippen LogP contribution in [0.4, 0.5) is 0 Å². The second kappa shape index (κ2) is 5.02. The van der Waals surface area contributed by atoms with Crippen molar-refractivity contribution in [3.05, 3.63) is 34.4 Å². The van der Waals surface area contributed by atoms with Crippen LogP contribution in [0.25, 0.3) is 0 Å². The van der Waals surface area contributed by atoms with Crippen molar-refractivity contribution in [2.75, 3.05) is 13.1 Å². The lowest BCUT2D eigenvalue weighted by molar-refractivity contribution is 0.0965. The highest BCUT2D eigenvalue weighted by Gasteiger charge is 2.23. The summed E-state index contributed by atoms with van der Waals surface area (Å²) in [4.78, 5) is 14.1. The Labute approximate surface area is 113 Å². The number of hydrogen-bond acceptors (Lipinski definition) is 3. The van der Waals surface area contributed by atoms with E-state index in [-0.39, 0.29) is 5.91 Å². The van der Waals surface area contributed by atoms with Crippen molar-refractivity contribution >= 4 is 5.91 Å². The first-order valence-corrected chi connectivity index (χ1v) is 6.84. The molecule has 1 aromatic rings. The number of benzene rings is 1. The van der Waals surface area contributed by atoms with Gasteiger partial charge in [0.2, 0.25) is 0 Å². The third kappa shape index (κ3) is 2.34. The molecule has 0 bridgehead atoms. The zero-order valence-corrected chi connectivity index (χ0v) is 10.9. The maximum absolute atomic E-state index is 11.7. The minimum Gasteiger partial charge on any atom is -0.348 e. The van der Waals surface area contributed by atoms with E-state index in [2.05, 4.69) is 16.3 Å². The third-order valence-corrected chi connectivity index (χ3v) is 3.96. The number of nitriles is 1. The number of likely N-dealkylation sites (tertiary alicyclic amines) is 1. The maximum Gasteiger partial charge on any atom is 0.251 e. The Hall–Kier alpha value is -1.86. The van der Waals surface area contributed by atoms with Gasteiger partial charge in [0.15, 0.2) is 0 Å². The molecule has 19 heavy (non-hydrogen) atoms. The van der Waals surface area contributed by atoms with Crippen LogP contribution in [0.3, 0.4) is 0 Å². The van der Waals surface area contributed by atoms with Crippen LogP contribution in [0.15, 0.2) is 12.1 Å². The van der Waals surface area contributed by atoms with E-state index >= 15 is 0 Å². The summed E-state index contributed by atoms with van der Waals surface area (Å²) in [6, 6.07) is 6.10. The molecule has 4 heteroatoms. The first-order chi connectivity index (χ1) is 9.28.